The Morgan fingerprint density at radius 3 is 2.78 bits per heavy atom. The SMILES string of the molecule is CSc1ncccc1C(=O)OCC(=O)Nc1cccc(Cl)c1Cl. The van der Waals surface area contributed by atoms with Gasteiger partial charge in [-0.25, -0.2) is 9.78 Å². The van der Waals surface area contributed by atoms with Crippen LogP contribution < -0.4 is 5.32 Å². The molecule has 1 aromatic heterocycles. The molecule has 5 nitrogen and oxygen atoms in total. The van der Waals surface area contributed by atoms with Crippen molar-refractivity contribution in [3.8, 4) is 0 Å². The molecule has 0 bridgehead atoms. The van der Waals surface area contributed by atoms with E-state index in [1.54, 1.807) is 42.8 Å². The van der Waals surface area contributed by atoms with Gasteiger partial charge in [-0.1, -0.05) is 29.3 Å². The fourth-order valence-electron chi connectivity index (χ4n) is 1.70. The molecule has 8 heteroatoms. The molecule has 0 spiro atoms. The number of hydrogen-bond donors (Lipinski definition) is 1. The number of anilines is 1. The van der Waals surface area contributed by atoms with E-state index in [0.717, 1.165) is 0 Å². The fraction of sp³-hybridized carbons (Fsp3) is 0.133. The average Bonchev–Trinajstić information content (AvgIpc) is 2.56. The van der Waals surface area contributed by atoms with Crippen LogP contribution in [-0.2, 0) is 9.53 Å². The fourth-order valence-corrected chi connectivity index (χ4v) is 2.59. The summed E-state index contributed by atoms with van der Waals surface area (Å²) >= 11 is 13.1. The van der Waals surface area contributed by atoms with E-state index in [-0.39, 0.29) is 5.02 Å². The number of benzene rings is 1. The van der Waals surface area contributed by atoms with Crippen LogP contribution in [0.2, 0.25) is 10.0 Å². The standard InChI is InChI=1S/C15H12Cl2N2O3S/c1-23-14-9(4-3-7-18-14)15(21)22-8-12(20)19-11-6-2-5-10(16)13(11)17/h2-7H,8H2,1H3,(H,19,20). The van der Waals surface area contributed by atoms with Gasteiger partial charge in [-0.05, 0) is 30.5 Å². The molecule has 1 N–H and O–H groups in total. The van der Waals surface area contributed by atoms with Crippen molar-refractivity contribution in [1.29, 1.82) is 0 Å². The summed E-state index contributed by atoms with van der Waals surface area (Å²) in [6.07, 6.45) is 3.38. The number of aromatic nitrogens is 1. The largest absolute Gasteiger partial charge is 0.452 e. The lowest BCUT2D eigenvalue weighted by molar-refractivity contribution is -0.119. The van der Waals surface area contributed by atoms with E-state index in [4.69, 9.17) is 27.9 Å². The first-order valence-corrected chi connectivity index (χ1v) is 8.41. The highest BCUT2D eigenvalue weighted by Crippen LogP contribution is 2.29. The lowest BCUT2D eigenvalue weighted by Gasteiger charge is -2.09. The summed E-state index contributed by atoms with van der Waals surface area (Å²) in [6, 6.07) is 8.07. The highest BCUT2D eigenvalue weighted by Gasteiger charge is 2.15. The first-order valence-electron chi connectivity index (χ1n) is 6.43. The van der Waals surface area contributed by atoms with Crippen LogP contribution in [0.1, 0.15) is 10.4 Å². The maximum Gasteiger partial charge on any atom is 0.341 e. The van der Waals surface area contributed by atoms with Gasteiger partial charge in [-0.2, -0.15) is 0 Å². The molecule has 2 rings (SSSR count). The van der Waals surface area contributed by atoms with E-state index in [1.807, 2.05) is 0 Å². The first-order chi connectivity index (χ1) is 11.0. The maximum atomic E-state index is 12.0. The van der Waals surface area contributed by atoms with Gasteiger partial charge in [0.05, 0.1) is 21.3 Å². The summed E-state index contributed by atoms with van der Waals surface area (Å²) in [5.41, 5.74) is 0.667. The molecule has 0 atom stereocenters. The van der Waals surface area contributed by atoms with Crippen molar-refractivity contribution in [2.45, 2.75) is 5.03 Å². The molecule has 1 heterocycles. The van der Waals surface area contributed by atoms with Crippen molar-refractivity contribution >= 4 is 52.5 Å². The molecule has 0 aliphatic rings. The van der Waals surface area contributed by atoms with E-state index in [1.165, 1.54) is 11.8 Å². The van der Waals surface area contributed by atoms with Crippen molar-refractivity contribution in [2.75, 3.05) is 18.2 Å². The normalized spacial score (nSPS) is 10.2. The second kappa shape index (κ2) is 8.19. The second-order valence-electron chi connectivity index (χ2n) is 4.29. The van der Waals surface area contributed by atoms with Crippen molar-refractivity contribution in [1.82, 2.24) is 4.98 Å². The van der Waals surface area contributed by atoms with Crippen LogP contribution in [0.15, 0.2) is 41.6 Å². The molecule has 0 saturated carbocycles. The number of hydrogen-bond acceptors (Lipinski definition) is 5. The summed E-state index contributed by atoms with van der Waals surface area (Å²) in [5, 5.41) is 3.62. The van der Waals surface area contributed by atoms with E-state index in [2.05, 4.69) is 10.3 Å². The van der Waals surface area contributed by atoms with Crippen molar-refractivity contribution < 1.29 is 14.3 Å². The Balaban J connectivity index is 1.96. The van der Waals surface area contributed by atoms with Gasteiger partial charge >= 0.3 is 5.97 Å². The summed E-state index contributed by atoms with van der Waals surface area (Å²) < 4.78 is 4.99. The Kier molecular flexibility index (Phi) is 6.27. The van der Waals surface area contributed by atoms with Gasteiger partial charge in [0.25, 0.3) is 5.91 Å². The minimum atomic E-state index is -0.616. The smallest absolute Gasteiger partial charge is 0.341 e. The van der Waals surface area contributed by atoms with Gasteiger partial charge in [-0.3, -0.25) is 4.79 Å². The van der Waals surface area contributed by atoms with Gasteiger partial charge in [0.15, 0.2) is 6.61 Å². The lowest BCUT2D eigenvalue weighted by atomic mass is 10.3. The summed E-state index contributed by atoms with van der Waals surface area (Å²) in [7, 11) is 0. The second-order valence-corrected chi connectivity index (χ2v) is 5.87. The van der Waals surface area contributed by atoms with Crippen LogP contribution in [0.5, 0.6) is 0 Å². The van der Waals surface area contributed by atoms with Crippen molar-refractivity contribution in [2.24, 2.45) is 0 Å². The van der Waals surface area contributed by atoms with Crippen LogP contribution in [0, 0.1) is 0 Å². The number of nitrogens with zero attached hydrogens (tertiary/aromatic N) is 1. The lowest BCUT2D eigenvalue weighted by Crippen LogP contribution is -2.21. The van der Waals surface area contributed by atoms with Crippen LogP contribution in [0.25, 0.3) is 0 Å². The minimum Gasteiger partial charge on any atom is -0.452 e. The predicted molar refractivity (Wildman–Crippen MR) is 91.4 cm³/mol. The summed E-state index contributed by atoms with van der Waals surface area (Å²) in [5.74, 6) is -1.13. The molecule has 23 heavy (non-hydrogen) atoms. The molecule has 0 fully saturated rings. The average molecular weight is 371 g/mol. The highest BCUT2D eigenvalue weighted by molar-refractivity contribution is 7.98. The number of carbonyl (C=O) groups excluding carboxylic acids is 2. The summed E-state index contributed by atoms with van der Waals surface area (Å²) in [6.45, 7) is -0.440. The van der Waals surface area contributed by atoms with Crippen LogP contribution in [0.3, 0.4) is 0 Å². The highest BCUT2D eigenvalue weighted by atomic mass is 35.5. The van der Waals surface area contributed by atoms with Crippen LogP contribution in [-0.4, -0.2) is 29.7 Å². The maximum absolute atomic E-state index is 12.0. The predicted octanol–water partition coefficient (Wildman–Crippen LogP) is 3.91. The van der Waals surface area contributed by atoms with Crippen LogP contribution in [0.4, 0.5) is 5.69 Å². The number of pyridine rings is 1. The third-order valence-corrected chi connectivity index (χ3v) is 4.28. The van der Waals surface area contributed by atoms with Gasteiger partial charge in [0, 0.05) is 6.20 Å². The number of ether oxygens (including phenoxy) is 1. The molecule has 0 radical (unpaired) electrons. The number of rotatable bonds is 5. The molecule has 0 aliphatic carbocycles. The Hall–Kier alpha value is -1.76. The van der Waals surface area contributed by atoms with E-state index >= 15 is 0 Å². The van der Waals surface area contributed by atoms with E-state index in [9.17, 15) is 9.59 Å². The molecule has 2 aromatic rings. The molecular weight excluding hydrogens is 359 g/mol. The zero-order valence-electron chi connectivity index (χ0n) is 12.0. The number of nitrogens with one attached hydrogen (secondary N) is 1. The molecular formula is C15H12Cl2N2O3S. The van der Waals surface area contributed by atoms with Crippen molar-refractivity contribution in [3.63, 3.8) is 0 Å². The number of amides is 1. The minimum absolute atomic E-state index is 0.228. The number of esters is 1. The molecule has 1 amide bonds. The molecule has 0 aliphatic heterocycles. The Bertz CT molecular complexity index is 740. The Morgan fingerprint density at radius 1 is 1.26 bits per heavy atom. The first kappa shape index (κ1) is 17.6. The monoisotopic (exact) mass is 370 g/mol. The van der Waals surface area contributed by atoms with Gasteiger partial charge < -0.3 is 10.1 Å². The Labute approximate surface area is 147 Å². The van der Waals surface area contributed by atoms with Gasteiger partial charge in [-0.15, -0.1) is 11.8 Å². The van der Waals surface area contributed by atoms with Gasteiger partial charge in [0.1, 0.15) is 5.03 Å². The van der Waals surface area contributed by atoms with E-state index in [0.29, 0.717) is 21.3 Å². The molecule has 0 unspecified atom stereocenters. The third-order valence-electron chi connectivity index (χ3n) is 2.74. The van der Waals surface area contributed by atoms with Crippen LogP contribution >= 0.6 is 35.0 Å². The Morgan fingerprint density at radius 2 is 2.04 bits per heavy atom. The molecule has 0 saturated heterocycles. The zero-order valence-corrected chi connectivity index (χ0v) is 14.3. The number of thioether (sulfide) groups is 1. The number of halogens is 2. The van der Waals surface area contributed by atoms with Crippen molar-refractivity contribution in [3.05, 3.63) is 52.1 Å². The quantitative estimate of drug-likeness (QED) is 0.638. The molecule has 1 aromatic carbocycles. The van der Waals surface area contributed by atoms with E-state index < -0.39 is 18.5 Å². The topological polar surface area (TPSA) is 68.3 Å². The zero-order chi connectivity index (χ0) is 16.8. The van der Waals surface area contributed by atoms with Gasteiger partial charge in [0.2, 0.25) is 0 Å². The summed E-state index contributed by atoms with van der Waals surface area (Å²) in [4.78, 5) is 27.9. The third kappa shape index (κ3) is 4.60. The molecule has 120 valence electrons. The number of carbonyl (C=O) groups is 2.